The number of ether oxygens (including phenoxy) is 1. The Hall–Kier alpha value is -2.84. The number of nitrogens with one attached hydrogen (secondary N) is 1. The van der Waals surface area contributed by atoms with Crippen LogP contribution in [0.5, 0.6) is 0 Å². The Morgan fingerprint density at radius 3 is 2.45 bits per heavy atom. The molecule has 2 aromatic rings. The van der Waals surface area contributed by atoms with Gasteiger partial charge in [-0.3, -0.25) is 14.5 Å². The standard InChI is InChI=1S/C21H28N4O4/c1-23(14-19-4-3-11-29-19)16-21(27)24(2)15-20(26)22-17-5-7-18(8-6-17)25-9-12-28-13-10-25/h3-8,11H,9-10,12-16H2,1-2H3,(H,22,26). The fraction of sp³-hybridized carbons (Fsp3) is 0.429. The van der Waals surface area contributed by atoms with Crippen LogP contribution in [0.4, 0.5) is 11.4 Å². The normalized spacial score (nSPS) is 14.1. The monoisotopic (exact) mass is 400 g/mol. The van der Waals surface area contributed by atoms with Crippen LogP contribution < -0.4 is 10.2 Å². The Labute approximate surface area is 171 Å². The Bertz CT molecular complexity index is 786. The van der Waals surface area contributed by atoms with Crippen molar-refractivity contribution in [3.05, 3.63) is 48.4 Å². The van der Waals surface area contributed by atoms with E-state index in [-0.39, 0.29) is 24.9 Å². The second-order valence-corrected chi connectivity index (χ2v) is 7.20. The first-order chi connectivity index (χ1) is 14.0. The van der Waals surface area contributed by atoms with Gasteiger partial charge in [0.15, 0.2) is 0 Å². The molecule has 1 aromatic carbocycles. The van der Waals surface area contributed by atoms with Gasteiger partial charge in [-0.2, -0.15) is 0 Å². The number of hydrogen-bond acceptors (Lipinski definition) is 6. The Morgan fingerprint density at radius 1 is 1.07 bits per heavy atom. The number of furan rings is 1. The summed E-state index contributed by atoms with van der Waals surface area (Å²) in [5.74, 6) is 0.437. The van der Waals surface area contributed by atoms with E-state index in [0.717, 1.165) is 37.8 Å². The zero-order chi connectivity index (χ0) is 20.6. The van der Waals surface area contributed by atoms with Crippen molar-refractivity contribution in [3.8, 4) is 0 Å². The fourth-order valence-corrected chi connectivity index (χ4v) is 3.16. The SMILES string of the molecule is CN(CC(=O)N(C)CC(=O)Nc1ccc(N2CCOCC2)cc1)Cc1ccco1. The maximum atomic E-state index is 12.3. The number of benzene rings is 1. The minimum atomic E-state index is -0.228. The van der Waals surface area contributed by atoms with Gasteiger partial charge in [0.05, 0.1) is 39.1 Å². The van der Waals surface area contributed by atoms with Crippen LogP contribution in [-0.2, 0) is 20.9 Å². The summed E-state index contributed by atoms with van der Waals surface area (Å²) in [4.78, 5) is 30.2. The minimum absolute atomic E-state index is 0.00135. The van der Waals surface area contributed by atoms with Crippen LogP contribution >= 0.6 is 0 Å². The molecule has 1 saturated heterocycles. The molecule has 29 heavy (non-hydrogen) atoms. The molecule has 0 unspecified atom stereocenters. The molecule has 0 radical (unpaired) electrons. The van der Waals surface area contributed by atoms with Crippen LogP contribution in [0.25, 0.3) is 0 Å². The molecule has 1 fully saturated rings. The first-order valence-electron chi connectivity index (χ1n) is 9.69. The largest absolute Gasteiger partial charge is 0.468 e. The molecule has 0 atom stereocenters. The molecule has 8 nitrogen and oxygen atoms in total. The van der Waals surface area contributed by atoms with Crippen LogP contribution in [-0.4, -0.2) is 75.1 Å². The highest BCUT2D eigenvalue weighted by atomic mass is 16.5. The van der Waals surface area contributed by atoms with E-state index in [0.29, 0.717) is 12.2 Å². The summed E-state index contributed by atoms with van der Waals surface area (Å²) in [7, 11) is 3.47. The molecular formula is C21H28N4O4. The third kappa shape index (κ3) is 6.33. The lowest BCUT2D eigenvalue weighted by molar-refractivity contribution is -0.134. The van der Waals surface area contributed by atoms with Crippen molar-refractivity contribution < 1.29 is 18.7 Å². The summed E-state index contributed by atoms with van der Waals surface area (Å²) < 4.78 is 10.6. The highest BCUT2D eigenvalue weighted by molar-refractivity contribution is 5.94. The molecule has 1 N–H and O–H groups in total. The van der Waals surface area contributed by atoms with Crippen molar-refractivity contribution in [2.24, 2.45) is 0 Å². The molecule has 0 aliphatic carbocycles. The van der Waals surface area contributed by atoms with Gasteiger partial charge in [-0.05, 0) is 43.4 Å². The molecule has 2 amide bonds. The lowest BCUT2D eigenvalue weighted by Crippen LogP contribution is -2.40. The van der Waals surface area contributed by atoms with Crippen molar-refractivity contribution in [3.63, 3.8) is 0 Å². The summed E-state index contributed by atoms with van der Waals surface area (Å²) in [6.45, 7) is 3.94. The third-order valence-corrected chi connectivity index (χ3v) is 4.74. The van der Waals surface area contributed by atoms with Crippen molar-refractivity contribution in [1.29, 1.82) is 0 Å². The van der Waals surface area contributed by atoms with Crippen LogP contribution in [0.1, 0.15) is 5.76 Å². The van der Waals surface area contributed by atoms with Gasteiger partial charge in [0, 0.05) is 31.5 Å². The van der Waals surface area contributed by atoms with Gasteiger partial charge in [-0.1, -0.05) is 0 Å². The maximum absolute atomic E-state index is 12.3. The molecule has 0 saturated carbocycles. The Balaban J connectivity index is 1.43. The van der Waals surface area contributed by atoms with Crippen LogP contribution in [0.2, 0.25) is 0 Å². The lowest BCUT2D eigenvalue weighted by Gasteiger charge is -2.29. The predicted octanol–water partition coefficient (Wildman–Crippen LogP) is 1.65. The first-order valence-corrected chi connectivity index (χ1v) is 9.69. The highest BCUT2D eigenvalue weighted by Gasteiger charge is 2.16. The highest BCUT2D eigenvalue weighted by Crippen LogP contribution is 2.19. The molecular weight excluding hydrogens is 372 g/mol. The number of amides is 2. The van der Waals surface area contributed by atoms with E-state index in [9.17, 15) is 9.59 Å². The van der Waals surface area contributed by atoms with Gasteiger partial charge in [0.25, 0.3) is 0 Å². The van der Waals surface area contributed by atoms with Crippen molar-refractivity contribution in [2.75, 3.05) is 63.7 Å². The predicted molar refractivity (Wildman–Crippen MR) is 111 cm³/mol. The summed E-state index contributed by atoms with van der Waals surface area (Å²) in [6, 6.07) is 11.4. The smallest absolute Gasteiger partial charge is 0.243 e. The van der Waals surface area contributed by atoms with Gasteiger partial charge in [-0.25, -0.2) is 0 Å². The first kappa shape index (κ1) is 20.9. The Kier molecular flexibility index (Phi) is 7.26. The summed E-state index contributed by atoms with van der Waals surface area (Å²) >= 11 is 0. The van der Waals surface area contributed by atoms with Crippen molar-refractivity contribution >= 4 is 23.2 Å². The van der Waals surface area contributed by atoms with E-state index < -0.39 is 0 Å². The molecule has 1 aliphatic heterocycles. The van der Waals surface area contributed by atoms with Gasteiger partial charge in [0.1, 0.15) is 5.76 Å². The summed E-state index contributed by atoms with van der Waals surface area (Å²) in [5.41, 5.74) is 1.82. The second-order valence-electron chi connectivity index (χ2n) is 7.20. The van der Waals surface area contributed by atoms with E-state index >= 15 is 0 Å². The molecule has 3 rings (SSSR count). The summed E-state index contributed by atoms with van der Waals surface area (Å²) in [5, 5.41) is 2.84. The molecule has 156 valence electrons. The number of likely N-dealkylation sites (N-methyl/N-ethyl adjacent to an activating group) is 2. The zero-order valence-electron chi connectivity index (χ0n) is 17.0. The molecule has 2 heterocycles. The topological polar surface area (TPSA) is 78.3 Å². The molecule has 8 heteroatoms. The Morgan fingerprint density at radius 2 is 1.79 bits per heavy atom. The van der Waals surface area contributed by atoms with E-state index in [1.54, 1.807) is 13.3 Å². The van der Waals surface area contributed by atoms with Gasteiger partial charge < -0.3 is 24.3 Å². The van der Waals surface area contributed by atoms with Gasteiger partial charge in [-0.15, -0.1) is 0 Å². The molecule has 1 aromatic heterocycles. The van der Waals surface area contributed by atoms with Gasteiger partial charge >= 0.3 is 0 Å². The second kappa shape index (κ2) is 10.1. The van der Waals surface area contributed by atoms with E-state index in [2.05, 4.69) is 10.2 Å². The number of morpholine rings is 1. The van der Waals surface area contributed by atoms with Crippen molar-refractivity contribution in [2.45, 2.75) is 6.54 Å². The van der Waals surface area contributed by atoms with Crippen molar-refractivity contribution in [1.82, 2.24) is 9.80 Å². The molecule has 0 spiro atoms. The van der Waals surface area contributed by atoms with E-state index in [1.165, 1.54) is 4.90 Å². The minimum Gasteiger partial charge on any atom is -0.468 e. The summed E-state index contributed by atoms with van der Waals surface area (Å²) in [6.07, 6.45) is 1.61. The number of nitrogens with zero attached hydrogens (tertiary/aromatic N) is 3. The van der Waals surface area contributed by atoms with Crippen LogP contribution in [0.15, 0.2) is 47.1 Å². The van der Waals surface area contributed by atoms with E-state index in [4.69, 9.17) is 9.15 Å². The fourth-order valence-electron chi connectivity index (χ4n) is 3.16. The average molecular weight is 400 g/mol. The lowest BCUT2D eigenvalue weighted by atomic mass is 10.2. The number of rotatable bonds is 8. The molecule has 1 aliphatic rings. The molecule has 0 bridgehead atoms. The third-order valence-electron chi connectivity index (χ3n) is 4.74. The number of carbonyl (C=O) groups excluding carboxylic acids is 2. The van der Waals surface area contributed by atoms with Gasteiger partial charge in [0.2, 0.25) is 11.8 Å². The number of carbonyl (C=O) groups is 2. The number of hydrogen-bond donors (Lipinski definition) is 1. The zero-order valence-corrected chi connectivity index (χ0v) is 17.0. The number of anilines is 2. The quantitative estimate of drug-likeness (QED) is 0.726. The van der Waals surface area contributed by atoms with Crippen LogP contribution in [0, 0.1) is 0 Å². The van der Waals surface area contributed by atoms with E-state index in [1.807, 2.05) is 48.3 Å². The maximum Gasteiger partial charge on any atom is 0.243 e. The van der Waals surface area contributed by atoms with Crippen LogP contribution in [0.3, 0.4) is 0 Å². The average Bonchev–Trinajstić information content (AvgIpc) is 3.22.